The van der Waals surface area contributed by atoms with Crippen LogP contribution in [0.15, 0.2) is 12.1 Å². The fourth-order valence-corrected chi connectivity index (χ4v) is 2.56. The predicted molar refractivity (Wildman–Crippen MR) is 77.3 cm³/mol. The van der Waals surface area contributed by atoms with E-state index in [9.17, 15) is 9.59 Å². The van der Waals surface area contributed by atoms with Crippen molar-refractivity contribution in [3.8, 4) is 17.2 Å². The molecular formula is C15H17NO7. The van der Waals surface area contributed by atoms with Crippen LogP contribution in [-0.2, 0) is 9.53 Å². The third-order valence-corrected chi connectivity index (χ3v) is 3.70. The molecule has 0 radical (unpaired) electrons. The van der Waals surface area contributed by atoms with Gasteiger partial charge in [0.15, 0.2) is 17.6 Å². The Kier molecular flexibility index (Phi) is 4.24. The zero-order chi connectivity index (χ0) is 16.4. The first kappa shape index (κ1) is 15.4. The second-order valence-electron chi connectivity index (χ2n) is 5.15. The average molecular weight is 323 g/mol. The minimum absolute atomic E-state index is 0.00488. The summed E-state index contributed by atoms with van der Waals surface area (Å²) in [5.41, 5.74) is 0.358. The van der Waals surface area contributed by atoms with Crippen LogP contribution in [0.5, 0.6) is 17.2 Å². The predicted octanol–water partition coefficient (Wildman–Crippen LogP) is 0.392. The summed E-state index contributed by atoms with van der Waals surface area (Å²) >= 11 is 0. The van der Waals surface area contributed by atoms with E-state index in [4.69, 9.17) is 24.1 Å². The molecule has 0 saturated carbocycles. The molecule has 23 heavy (non-hydrogen) atoms. The van der Waals surface area contributed by atoms with Gasteiger partial charge in [-0.3, -0.25) is 4.79 Å². The fourth-order valence-electron chi connectivity index (χ4n) is 2.56. The summed E-state index contributed by atoms with van der Waals surface area (Å²) in [4.78, 5) is 25.1. The molecule has 0 aromatic heterocycles. The number of hydrogen-bond donors (Lipinski definition) is 1. The molecule has 1 saturated heterocycles. The second-order valence-corrected chi connectivity index (χ2v) is 5.15. The first-order chi connectivity index (χ1) is 11.1. The highest BCUT2D eigenvalue weighted by atomic mass is 16.6. The summed E-state index contributed by atoms with van der Waals surface area (Å²) in [5, 5.41) is 9.03. The number of rotatable bonds is 3. The van der Waals surface area contributed by atoms with Gasteiger partial charge in [-0.05, 0) is 12.1 Å². The highest BCUT2D eigenvalue weighted by molar-refractivity contribution is 5.96. The van der Waals surface area contributed by atoms with Gasteiger partial charge in [0.2, 0.25) is 5.75 Å². The highest BCUT2D eigenvalue weighted by Gasteiger charge is 2.30. The lowest BCUT2D eigenvalue weighted by atomic mass is 10.1. The van der Waals surface area contributed by atoms with Crippen molar-refractivity contribution in [3.05, 3.63) is 17.7 Å². The van der Waals surface area contributed by atoms with Crippen molar-refractivity contribution in [2.75, 3.05) is 40.0 Å². The third kappa shape index (κ3) is 3.02. The van der Waals surface area contributed by atoms with Gasteiger partial charge in [0, 0.05) is 12.1 Å². The lowest BCUT2D eigenvalue weighted by Crippen LogP contribution is -2.48. The maximum Gasteiger partial charge on any atom is 0.334 e. The summed E-state index contributed by atoms with van der Waals surface area (Å²) in [6.45, 7) is 1.33. The molecule has 2 aliphatic rings. The van der Waals surface area contributed by atoms with E-state index in [1.807, 2.05) is 0 Å². The van der Waals surface area contributed by atoms with Crippen molar-refractivity contribution in [3.63, 3.8) is 0 Å². The molecule has 124 valence electrons. The molecule has 1 unspecified atom stereocenters. The number of morpholine rings is 1. The van der Waals surface area contributed by atoms with E-state index in [1.54, 1.807) is 12.1 Å². The van der Waals surface area contributed by atoms with E-state index < -0.39 is 12.1 Å². The molecule has 2 heterocycles. The number of nitrogens with zero attached hydrogens (tertiary/aromatic N) is 1. The molecular weight excluding hydrogens is 306 g/mol. The Morgan fingerprint density at radius 2 is 2.04 bits per heavy atom. The standard InChI is InChI=1S/C15H17NO7/c1-20-10-6-9(7-11-13(10)23-5-4-22-11)14(17)16-2-3-21-12(8-16)15(18)19/h6-7,12H,2-5,8H2,1H3,(H,18,19). The van der Waals surface area contributed by atoms with Crippen LogP contribution >= 0.6 is 0 Å². The Bertz CT molecular complexity index is 613. The van der Waals surface area contributed by atoms with Crippen LogP contribution in [0.4, 0.5) is 0 Å². The van der Waals surface area contributed by atoms with Gasteiger partial charge < -0.3 is 29.0 Å². The van der Waals surface area contributed by atoms with E-state index in [1.165, 1.54) is 12.0 Å². The second kappa shape index (κ2) is 6.33. The maximum atomic E-state index is 12.6. The van der Waals surface area contributed by atoms with Crippen molar-refractivity contribution < 1.29 is 33.6 Å². The molecule has 1 aromatic rings. The summed E-state index contributed by atoms with van der Waals surface area (Å²) in [6.07, 6.45) is -1.01. The fraction of sp³-hybridized carbons (Fsp3) is 0.467. The lowest BCUT2D eigenvalue weighted by Gasteiger charge is -2.31. The zero-order valence-electron chi connectivity index (χ0n) is 12.6. The number of carboxylic acids is 1. The van der Waals surface area contributed by atoms with Gasteiger partial charge in [-0.25, -0.2) is 4.79 Å². The van der Waals surface area contributed by atoms with Crippen LogP contribution in [0.3, 0.4) is 0 Å². The summed E-state index contributed by atoms with van der Waals surface area (Å²) in [5.74, 6) is -0.0478. The molecule has 0 bridgehead atoms. The van der Waals surface area contributed by atoms with E-state index in [-0.39, 0.29) is 19.1 Å². The Balaban J connectivity index is 1.86. The maximum absolute atomic E-state index is 12.6. The van der Waals surface area contributed by atoms with Gasteiger partial charge in [0.05, 0.1) is 20.3 Å². The number of carboxylic acid groups (broad SMARTS) is 1. The van der Waals surface area contributed by atoms with Gasteiger partial charge in [-0.15, -0.1) is 0 Å². The third-order valence-electron chi connectivity index (χ3n) is 3.70. The van der Waals surface area contributed by atoms with E-state index in [0.29, 0.717) is 42.6 Å². The number of methoxy groups -OCH3 is 1. The van der Waals surface area contributed by atoms with Crippen LogP contribution in [0, 0.1) is 0 Å². The highest BCUT2D eigenvalue weighted by Crippen LogP contribution is 2.40. The van der Waals surface area contributed by atoms with E-state index >= 15 is 0 Å². The number of hydrogen-bond acceptors (Lipinski definition) is 6. The Morgan fingerprint density at radius 3 is 2.78 bits per heavy atom. The number of benzene rings is 1. The SMILES string of the molecule is COc1cc(C(=O)N2CCOC(C(=O)O)C2)cc2c1OCCO2. The number of fused-ring (bicyclic) bond motifs is 1. The van der Waals surface area contributed by atoms with E-state index in [2.05, 4.69) is 0 Å². The molecule has 3 rings (SSSR count). The van der Waals surface area contributed by atoms with Crippen LogP contribution in [-0.4, -0.2) is 68.0 Å². The first-order valence-electron chi connectivity index (χ1n) is 7.21. The van der Waals surface area contributed by atoms with Crippen LogP contribution in [0.2, 0.25) is 0 Å². The van der Waals surface area contributed by atoms with Crippen molar-refractivity contribution in [1.82, 2.24) is 4.90 Å². The number of carbonyl (C=O) groups is 2. The number of ether oxygens (including phenoxy) is 4. The molecule has 0 aliphatic carbocycles. The molecule has 2 aliphatic heterocycles. The topological polar surface area (TPSA) is 94.5 Å². The van der Waals surface area contributed by atoms with Crippen LogP contribution in [0.25, 0.3) is 0 Å². The summed E-state index contributed by atoms with van der Waals surface area (Å²) in [7, 11) is 1.48. The van der Waals surface area contributed by atoms with Crippen molar-refractivity contribution in [2.24, 2.45) is 0 Å². The first-order valence-corrected chi connectivity index (χ1v) is 7.21. The van der Waals surface area contributed by atoms with Crippen molar-refractivity contribution in [1.29, 1.82) is 0 Å². The molecule has 1 aromatic carbocycles. The largest absolute Gasteiger partial charge is 0.493 e. The number of amides is 1. The lowest BCUT2D eigenvalue weighted by molar-refractivity contribution is -0.154. The van der Waals surface area contributed by atoms with Gasteiger partial charge in [-0.1, -0.05) is 0 Å². The van der Waals surface area contributed by atoms with Crippen molar-refractivity contribution >= 4 is 11.9 Å². The minimum Gasteiger partial charge on any atom is -0.493 e. The molecule has 1 amide bonds. The normalized spacial score (nSPS) is 20.0. The van der Waals surface area contributed by atoms with Gasteiger partial charge >= 0.3 is 5.97 Å². The molecule has 0 spiro atoms. The number of aliphatic carboxylic acids is 1. The molecule has 1 atom stereocenters. The quantitative estimate of drug-likeness (QED) is 0.860. The summed E-state index contributed by atoms with van der Waals surface area (Å²) < 4.78 is 21.4. The number of carbonyl (C=O) groups excluding carboxylic acids is 1. The minimum atomic E-state index is -1.08. The molecule has 1 N–H and O–H groups in total. The summed E-state index contributed by atoms with van der Waals surface area (Å²) in [6, 6.07) is 3.16. The van der Waals surface area contributed by atoms with Crippen molar-refractivity contribution in [2.45, 2.75) is 6.10 Å². The average Bonchev–Trinajstić information content (AvgIpc) is 2.60. The zero-order valence-corrected chi connectivity index (χ0v) is 12.6. The molecule has 8 nitrogen and oxygen atoms in total. The molecule has 1 fully saturated rings. The van der Waals surface area contributed by atoms with Crippen LogP contribution < -0.4 is 14.2 Å². The van der Waals surface area contributed by atoms with Gasteiger partial charge in [0.25, 0.3) is 5.91 Å². The Labute approximate surface area is 132 Å². The monoisotopic (exact) mass is 323 g/mol. The van der Waals surface area contributed by atoms with Gasteiger partial charge in [0.1, 0.15) is 13.2 Å². The Hall–Kier alpha value is -2.48. The Morgan fingerprint density at radius 1 is 1.26 bits per heavy atom. The van der Waals surface area contributed by atoms with Crippen LogP contribution in [0.1, 0.15) is 10.4 Å². The van der Waals surface area contributed by atoms with E-state index in [0.717, 1.165) is 0 Å². The smallest absolute Gasteiger partial charge is 0.334 e. The molecule has 8 heteroatoms. The van der Waals surface area contributed by atoms with Gasteiger partial charge in [-0.2, -0.15) is 0 Å².